The minimum absolute atomic E-state index is 0.194. The maximum atomic E-state index is 4.76. The first-order valence-electron chi connectivity index (χ1n) is 8.42. The number of halogens is 2. The molecule has 0 spiro atoms. The molecule has 6 nitrogen and oxygen atoms in total. The van der Waals surface area contributed by atoms with Crippen LogP contribution in [-0.4, -0.2) is 29.4 Å². The van der Waals surface area contributed by atoms with Crippen molar-refractivity contribution in [2.45, 2.75) is 47.6 Å². The second kappa shape index (κ2) is 10.8. The van der Waals surface area contributed by atoms with Crippen molar-refractivity contribution >= 4 is 20.2 Å². The summed E-state index contributed by atoms with van der Waals surface area (Å²) in [6.45, 7) is 10.4. The fourth-order valence-electron chi connectivity index (χ4n) is 2.88. The van der Waals surface area contributed by atoms with Crippen LogP contribution < -0.4 is 0 Å². The quantitative estimate of drug-likeness (QED) is 0.528. The Bertz CT molecular complexity index is 786. The van der Waals surface area contributed by atoms with Crippen molar-refractivity contribution in [3.05, 3.63) is 65.0 Å². The molecule has 0 aromatic carbocycles. The molecule has 3 aromatic rings. The Morgan fingerprint density at radius 3 is 1.81 bits per heavy atom. The molecule has 0 aliphatic carbocycles. The average molecular weight is 451 g/mol. The van der Waals surface area contributed by atoms with Gasteiger partial charge in [-0.1, -0.05) is 6.07 Å². The number of aryl methyl sites for hydroxylation is 4. The molecule has 27 heavy (non-hydrogen) atoms. The fraction of sp³-hybridized carbons (Fsp3) is 0.389. The SMILES string of the molecule is Cc1cc(C)n(CN(Cc2ccccn2)Cn2nc(C)cc2C)n1.[Cl][Fe][Cl]. The van der Waals surface area contributed by atoms with Crippen LogP contribution in [0, 0.1) is 27.7 Å². The molecule has 3 heterocycles. The first kappa shape index (κ1) is 21.9. The zero-order valence-corrected chi connectivity index (χ0v) is 18.5. The Labute approximate surface area is 175 Å². The van der Waals surface area contributed by atoms with Crippen LogP contribution in [0.4, 0.5) is 0 Å². The van der Waals surface area contributed by atoms with Crippen LogP contribution in [-0.2, 0) is 33.0 Å². The van der Waals surface area contributed by atoms with Gasteiger partial charge in [0.05, 0.1) is 30.4 Å². The van der Waals surface area contributed by atoms with Gasteiger partial charge in [-0.15, -0.1) is 0 Å². The number of rotatable bonds is 6. The van der Waals surface area contributed by atoms with Crippen LogP contribution in [0.15, 0.2) is 36.5 Å². The Kier molecular flexibility index (Phi) is 8.80. The van der Waals surface area contributed by atoms with Gasteiger partial charge in [-0.25, -0.2) is 0 Å². The van der Waals surface area contributed by atoms with E-state index in [1.165, 1.54) is 0 Å². The summed E-state index contributed by atoms with van der Waals surface area (Å²) in [5.41, 5.74) is 5.44. The van der Waals surface area contributed by atoms with Gasteiger partial charge in [0.25, 0.3) is 0 Å². The van der Waals surface area contributed by atoms with E-state index < -0.39 is 0 Å². The normalized spacial score (nSPS) is 10.9. The van der Waals surface area contributed by atoms with Crippen molar-refractivity contribution in [2.75, 3.05) is 0 Å². The van der Waals surface area contributed by atoms with Crippen molar-refractivity contribution in [1.82, 2.24) is 29.4 Å². The number of hydrogen-bond donors (Lipinski definition) is 0. The maximum absolute atomic E-state index is 4.76. The van der Waals surface area contributed by atoms with Crippen LogP contribution in [0.3, 0.4) is 0 Å². The molecule has 0 radical (unpaired) electrons. The molecule has 0 N–H and O–H groups in total. The first-order valence-corrected chi connectivity index (χ1v) is 11.5. The molecule has 0 unspecified atom stereocenters. The van der Waals surface area contributed by atoms with Crippen molar-refractivity contribution in [3.8, 4) is 0 Å². The van der Waals surface area contributed by atoms with Crippen LogP contribution in [0.2, 0.25) is 0 Å². The summed E-state index contributed by atoms with van der Waals surface area (Å²) >= 11 is 0.194. The van der Waals surface area contributed by atoms with E-state index in [9.17, 15) is 0 Å². The predicted molar refractivity (Wildman–Crippen MR) is 105 cm³/mol. The van der Waals surface area contributed by atoms with Gasteiger partial charge in [-0.05, 0) is 52.0 Å². The van der Waals surface area contributed by atoms with Crippen LogP contribution in [0.1, 0.15) is 28.5 Å². The molecule has 0 amide bonds. The van der Waals surface area contributed by atoms with Crippen molar-refractivity contribution in [2.24, 2.45) is 0 Å². The standard InChI is InChI=1S/C18H24N6.2ClH.Fe/c1-14-9-16(3)23(20-14)12-22(11-18-7-5-6-8-19-18)13-24-17(4)10-15(2)21-24;;;/h5-10H,11-13H2,1-4H3;2*1H;/q;;;+2/p-2. The summed E-state index contributed by atoms with van der Waals surface area (Å²) in [6, 6.07) is 10.2. The molecule has 9 heteroatoms. The third-order valence-corrected chi connectivity index (χ3v) is 3.99. The van der Waals surface area contributed by atoms with Crippen molar-refractivity contribution < 1.29 is 13.1 Å². The van der Waals surface area contributed by atoms with Gasteiger partial charge in [0.2, 0.25) is 0 Å². The Morgan fingerprint density at radius 2 is 1.44 bits per heavy atom. The third kappa shape index (κ3) is 6.94. The Hall–Kier alpha value is -1.37. The molecule has 3 aromatic heterocycles. The summed E-state index contributed by atoms with van der Waals surface area (Å²) < 4.78 is 4.06. The van der Waals surface area contributed by atoms with E-state index in [-0.39, 0.29) is 13.1 Å². The fourth-order valence-corrected chi connectivity index (χ4v) is 2.88. The second-order valence-corrected chi connectivity index (χ2v) is 8.16. The first-order chi connectivity index (χ1) is 12.9. The van der Waals surface area contributed by atoms with E-state index in [0.717, 1.165) is 35.0 Å². The summed E-state index contributed by atoms with van der Waals surface area (Å²) in [6.07, 6.45) is 1.83. The van der Waals surface area contributed by atoms with E-state index in [1.54, 1.807) is 0 Å². The molecule has 0 saturated heterocycles. The van der Waals surface area contributed by atoms with E-state index >= 15 is 0 Å². The molecule has 0 bridgehead atoms. The predicted octanol–water partition coefficient (Wildman–Crippen LogP) is 4.20. The van der Waals surface area contributed by atoms with E-state index in [0.29, 0.717) is 13.3 Å². The Balaban J connectivity index is 0.000000817. The van der Waals surface area contributed by atoms with Gasteiger partial charge in [0.15, 0.2) is 0 Å². The molecule has 0 atom stereocenters. The molecule has 3 rings (SSSR count). The summed E-state index contributed by atoms with van der Waals surface area (Å²) in [7, 11) is 9.53. The van der Waals surface area contributed by atoms with Crippen molar-refractivity contribution in [1.29, 1.82) is 0 Å². The zero-order valence-electron chi connectivity index (χ0n) is 15.9. The Morgan fingerprint density at radius 1 is 0.926 bits per heavy atom. The van der Waals surface area contributed by atoms with Gasteiger partial charge in [-0.3, -0.25) is 19.2 Å². The second-order valence-electron chi connectivity index (χ2n) is 6.34. The molecule has 0 aliphatic heterocycles. The van der Waals surface area contributed by atoms with Crippen LogP contribution in [0.5, 0.6) is 0 Å². The average Bonchev–Trinajstić information content (AvgIpc) is 3.09. The molecular formula is C18H24Cl2FeN6. The van der Waals surface area contributed by atoms with Crippen LogP contribution >= 0.6 is 20.2 Å². The van der Waals surface area contributed by atoms with Crippen molar-refractivity contribution in [3.63, 3.8) is 0 Å². The zero-order chi connectivity index (χ0) is 19.8. The minimum atomic E-state index is 0.194. The number of nitrogens with zero attached hydrogens (tertiary/aromatic N) is 6. The van der Waals surface area contributed by atoms with Gasteiger partial charge in [0, 0.05) is 24.1 Å². The number of pyridine rings is 1. The molecule has 0 aliphatic rings. The van der Waals surface area contributed by atoms with Crippen LogP contribution in [0.25, 0.3) is 0 Å². The number of aromatic nitrogens is 5. The molecule has 0 fully saturated rings. The summed E-state index contributed by atoms with van der Waals surface area (Å²) in [5.74, 6) is 0. The van der Waals surface area contributed by atoms with Gasteiger partial charge >= 0.3 is 33.3 Å². The number of hydrogen-bond acceptors (Lipinski definition) is 4. The van der Waals surface area contributed by atoms with E-state index in [2.05, 4.69) is 52.1 Å². The molecule has 0 saturated carbocycles. The molecular weight excluding hydrogens is 427 g/mol. The van der Waals surface area contributed by atoms with Gasteiger partial charge in [0.1, 0.15) is 0 Å². The molecule has 148 valence electrons. The summed E-state index contributed by atoms with van der Waals surface area (Å²) in [5, 5.41) is 9.17. The topological polar surface area (TPSA) is 51.8 Å². The monoisotopic (exact) mass is 450 g/mol. The van der Waals surface area contributed by atoms with E-state index in [1.807, 2.05) is 41.5 Å². The van der Waals surface area contributed by atoms with E-state index in [4.69, 9.17) is 20.2 Å². The third-order valence-electron chi connectivity index (χ3n) is 3.99. The van der Waals surface area contributed by atoms with Gasteiger partial charge in [-0.2, -0.15) is 10.2 Å². The van der Waals surface area contributed by atoms with Gasteiger partial charge < -0.3 is 0 Å². The summed E-state index contributed by atoms with van der Waals surface area (Å²) in [4.78, 5) is 6.75.